The van der Waals surface area contributed by atoms with E-state index in [4.69, 9.17) is 9.84 Å². The lowest BCUT2D eigenvalue weighted by Gasteiger charge is -2.18. The molecule has 3 aromatic rings. The number of imidazole rings is 1. The fraction of sp³-hybridized carbons (Fsp3) is 0.263. The number of nitrogens with zero attached hydrogens (tertiary/aromatic N) is 3. The van der Waals surface area contributed by atoms with E-state index in [1.807, 2.05) is 4.98 Å². The maximum atomic E-state index is 14.5. The van der Waals surface area contributed by atoms with E-state index in [1.165, 1.54) is 38.4 Å². The minimum Gasteiger partial charge on any atom is -0.481 e. The van der Waals surface area contributed by atoms with Gasteiger partial charge in [-0.2, -0.15) is 13.2 Å². The van der Waals surface area contributed by atoms with Crippen LogP contribution < -0.4 is 4.74 Å². The lowest BCUT2D eigenvalue weighted by Crippen LogP contribution is -2.30. The fourth-order valence-electron chi connectivity index (χ4n) is 2.32. The van der Waals surface area contributed by atoms with Gasteiger partial charge >= 0.3 is 12.1 Å². The van der Waals surface area contributed by atoms with Crippen LogP contribution in [-0.2, 0) is 11.0 Å². The van der Waals surface area contributed by atoms with Gasteiger partial charge in [-0.05, 0) is 26.0 Å². The summed E-state index contributed by atoms with van der Waals surface area (Å²) >= 11 is 0. The molecule has 158 valence electrons. The number of carbonyl (C=O) groups is 1. The number of hydrogen-bond donors (Lipinski definition) is 2. The Morgan fingerprint density at radius 2 is 1.87 bits per heavy atom. The zero-order valence-electron chi connectivity index (χ0n) is 15.8. The Kier molecular flexibility index (Phi) is 5.47. The summed E-state index contributed by atoms with van der Waals surface area (Å²) in [5, 5.41) is 9.07. The monoisotopic (exact) mass is 424 g/mol. The summed E-state index contributed by atoms with van der Waals surface area (Å²) in [4.78, 5) is 24.8. The molecule has 1 aromatic carbocycles. The molecule has 3 rings (SSSR count). The van der Waals surface area contributed by atoms with E-state index in [0.29, 0.717) is 17.5 Å². The first-order valence-electron chi connectivity index (χ1n) is 8.58. The number of H-pyrrole nitrogens is 1. The Morgan fingerprint density at radius 1 is 1.13 bits per heavy atom. The largest absolute Gasteiger partial charge is 0.481 e. The molecule has 0 unspecified atom stereocenters. The number of hydrogen-bond acceptors (Lipinski definition) is 5. The molecule has 0 bridgehead atoms. The third-order valence-electron chi connectivity index (χ3n) is 4.19. The van der Waals surface area contributed by atoms with Crippen molar-refractivity contribution in [3.8, 4) is 28.5 Å². The highest BCUT2D eigenvalue weighted by Gasteiger charge is 2.33. The van der Waals surface area contributed by atoms with Gasteiger partial charge < -0.3 is 14.8 Å². The van der Waals surface area contributed by atoms with Crippen LogP contribution in [0.4, 0.5) is 17.6 Å². The van der Waals surface area contributed by atoms with Crippen molar-refractivity contribution < 1.29 is 32.2 Å². The van der Waals surface area contributed by atoms with Gasteiger partial charge in [0.05, 0.1) is 35.3 Å². The number of carboxylic acids is 1. The highest BCUT2D eigenvalue weighted by atomic mass is 19.4. The third kappa shape index (κ3) is 4.56. The molecule has 0 saturated carbocycles. The van der Waals surface area contributed by atoms with Crippen LogP contribution in [0.5, 0.6) is 5.88 Å². The van der Waals surface area contributed by atoms with Crippen LogP contribution in [0.25, 0.3) is 22.6 Å². The Balaban J connectivity index is 1.76. The summed E-state index contributed by atoms with van der Waals surface area (Å²) in [6, 6.07) is 3.85. The molecule has 30 heavy (non-hydrogen) atoms. The van der Waals surface area contributed by atoms with Crippen molar-refractivity contribution in [3.05, 3.63) is 48.3 Å². The maximum absolute atomic E-state index is 14.5. The van der Waals surface area contributed by atoms with Crippen molar-refractivity contribution in [2.24, 2.45) is 5.41 Å². The number of halogens is 4. The highest BCUT2D eigenvalue weighted by Crippen LogP contribution is 2.31. The molecule has 2 aromatic heterocycles. The molecule has 7 nitrogen and oxygen atoms in total. The van der Waals surface area contributed by atoms with Gasteiger partial charge in [0.1, 0.15) is 23.9 Å². The number of rotatable bonds is 6. The van der Waals surface area contributed by atoms with Crippen molar-refractivity contribution in [3.63, 3.8) is 0 Å². The Hall–Kier alpha value is -3.50. The van der Waals surface area contributed by atoms with Crippen LogP contribution >= 0.6 is 0 Å². The molecule has 2 heterocycles. The van der Waals surface area contributed by atoms with E-state index < -0.39 is 29.1 Å². The first-order chi connectivity index (χ1) is 14.0. The molecule has 0 atom stereocenters. The molecule has 0 fully saturated rings. The topological polar surface area (TPSA) is 101 Å². The second-order valence-corrected chi connectivity index (χ2v) is 7.06. The van der Waals surface area contributed by atoms with Crippen molar-refractivity contribution in [2.75, 3.05) is 6.61 Å². The van der Waals surface area contributed by atoms with E-state index in [0.717, 1.165) is 6.07 Å². The van der Waals surface area contributed by atoms with Gasteiger partial charge in [0.2, 0.25) is 5.88 Å². The average molecular weight is 424 g/mol. The maximum Gasteiger partial charge on any atom is 0.432 e. The minimum atomic E-state index is -4.61. The standard InChI is InChI=1S/C19H16F4N4O3/c1-18(2,17(28)29)9-30-15-8-24-13(6-25-15)10-3-4-11(12(20)5-10)16-26-7-14(27-16)19(21,22)23/h3-8H,9H2,1-2H3,(H,26,27)(H,28,29). The number of ether oxygens (including phenoxy) is 1. The molecule has 0 amide bonds. The van der Waals surface area contributed by atoms with Crippen molar-refractivity contribution in [1.82, 2.24) is 19.9 Å². The first-order valence-corrected chi connectivity index (χ1v) is 8.58. The predicted molar refractivity (Wildman–Crippen MR) is 96.9 cm³/mol. The van der Waals surface area contributed by atoms with Crippen LogP contribution in [0.3, 0.4) is 0 Å². The van der Waals surface area contributed by atoms with Gasteiger partial charge in [0, 0.05) is 5.56 Å². The Morgan fingerprint density at radius 3 is 2.40 bits per heavy atom. The minimum absolute atomic E-state index is 0.0976. The molecule has 2 N–H and O–H groups in total. The quantitative estimate of drug-likeness (QED) is 0.576. The zero-order valence-corrected chi connectivity index (χ0v) is 15.8. The van der Waals surface area contributed by atoms with E-state index in [9.17, 15) is 22.4 Å². The Bertz CT molecular complexity index is 1060. The summed E-state index contributed by atoms with van der Waals surface area (Å²) in [6.07, 6.45) is -1.44. The molecular formula is C19H16F4N4O3. The summed E-state index contributed by atoms with van der Waals surface area (Å²) in [5.41, 5.74) is -1.69. The van der Waals surface area contributed by atoms with Gasteiger partial charge in [-0.15, -0.1) is 0 Å². The zero-order chi connectivity index (χ0) is 22.1. The van der Waals surface area contributed by atoms with Crippen LogP contribution in [-0.4, -0.2) is 37.6 Å². The second-order valence-electron chi connectivity index (χ2n) is 7.06. The summed E-state index contributed by atoms with van der Waals surface area (Å²) in [7, 11) is 0. The molecular weight excluding hydrogens is 408 g/mol. The number of aliphatic carboxylic acids is 1. The number of aromatic nitrogens is 4. The van der Waals surface area contributed by atoms with Gasteiger partial charge in [0.15, 0.2) is 0 Å². The number of aromatic amines is 1. The van der Waals surface area contributed by atoms with Crippen LogP contribution in [0, 0.1) is 11.2 Å². The number of alkyl halides is 3. The average Bonchev–Trinajstić information content (AvgIpc) is 3.17. The van der Waals surface area contributed by atoms with E-state index in [1.54, 1.807) is 0 Å². The van der Waals surface area contributed by atoms with Crippen LogP contribution in [0.15, 0.2) is 36.8 Å². The van der Waals surface area contributed by atoms with Gasteiger partial charge in [-0.1, -0.05) is 6.07 Å². The SMILES string of the molecule is CC(C)(COc1cnc(-c2ccc(-c3ncc(C(F)(F)F)[nH]3)c(F)c2)cn1)C(=O)O. The molecule has 0 spiro atoms. The molecule has 0 aliphatic rings. The van der Waals surface area contributed by atoms with Crippen molar-refractivity contribution >= 4 is 5.97 Å². The lowest BCUT2D eigenvalue weighted by molar-refractivity contribution is -0.148. The van der Waals surface area contributed by atoms with Crippen LogP contribution in [0.1, 0.15) is 19.5 Å². The van der Waals surface area contributed by atoms with Gasteiger partial charge in [-0.25, -0.2) is 19.3 Å². The predicted octanol–water partition coefficient (Wildman–Crippen LogP) is 4.18. The molecule has 11 heteroatoms. The fourth-order valence-corrected chi connectivity index (χ4v) is 2.32. The second kappa shape index (κ2) is 7.73. The Labute approximate surface area is 167 Å². The number of carboxylic acid groups (broad SMARTS) is 1. The molecule has 0 aliphatic heterocycles. The summed E-state index contributed by atoms with van der Waals surface area (Å²) in [6.45, 7) is 2.87. The van der Waals surface area contributed by atoms with Crippen LogP contribution in [0.2, 0.25) is 0 Å². The van der Waals surface area contributed by atoms with Crippen molar-refractivity contribution in [1.29, 1.82) is 0 Å². The van der Waals surface area contributed by atoms with Gasteiger partial charge in [-0.3, -0.25) is 4.79 Å². The number of nitrogens with one attached hydrogen (secondary N) is 1. The summed E-state index contributed by atoms with van der Waals surface area (Å²) in [5.74, 6) is -1.97. The van der Waals surface area contributed by atoms with Crippen molar-refractivity contribution in [2.45, 2.75) is 20.0 Å². The molecule has 0 aliphatic carbocycles. The first kappa shape index (κ1) is 21.2. The summed E-state index contributed by atoms with van der Waals surface area (Å²) < 4.78 is 57.8. The third-order valence-corrected chi connectivity index (χ3v) is 4.19. The normalized spacial score (nSPS) is 12.1. The number of benzene rings is 1. The smallest absolute Gasteiger partial charge is 0.432 e. The van der Waals surface area contributed by atoms with E-state index in [2.05, 4.69) is 15.0 Å². The van der Waals surface area contributed by atoms with Gasteiger partial charge in [0.25, 0.3) is 0 Å². The van der Waals surface area contributed by atoms with E-state index in [-0.39, 0.29) is 23.9 Å². The molecule has 0 radical (unpaired) electrons. The lowest BCUT2D eigenvalue weighted by atomic mass is 9.95. The van der Waals surface area contributed by atoms with E-state index >= 15 is 0 Å². The highest BCUT2D eigenvalue weighted by molar-refractivity contribution is 5.73. The molecule has 0 saturated heterocycles.